The molecule has 1 aromatic rings. The fourth-order valence-electron chi connectivity index (χ4n) is 2.12. The van der Waals surface area contributed by atoms with Gasteiger partial charge in [0.25, 0.3) is 5.91 Å². The van der Waals surface area contributed by atoms with Crippen LogP contribution in [0.4, 0.5) is 0 Å². The fourth-order valence-corrected chi connectivity index (χ4v) is 2.12. The van der Waals surface area contributed by atoms with E-state index in [1.54, 1.807) is 12.1 Å². The summed E-state index contributed by atoms with van der Waals surface area (Å²) >= 11 is 0. The van der Waals surface area contributed by atoms with Gasteiger partial charge in [-0.3, -0.25) is 4.79 Å². The molecule has 76 valence electrons. The number of rotatable bonds is 1. The predicted octanol–water partition coefficient (Wildman–Crippen LogP) is 2.15. The zero-order valence-electron chi connectivity index (χ0n) is 8.56. The van der Waals surface area contributed by atoms with Crippen LogP contribution in [0.2, 0.25) is 0 Å². The summed E-state index contributed by atoms with van der Waals surface area (Å²) in [4.78, 5) is 13.8. The molecule has 0 radical (unpaired) electrons. The first kappa shape index (κ1) is 9.31. The van der Waals surface area contributed by atoms with Crippen LogP contribution in [0.1, 0.15) is 30.8 Å². The average molecular weight is 193 g/mol. The SMILES string of the molecule is CC1CC(C)N(C(=O)c2ccco2)C1. The van der Waals surface area contributed by atoms with Crippen molar-refractivity contribution >= 4 is 5.91 Å². The third-order valence-corrected chi connectivity index (χ3v) is 2.78. The maximum Gasteiger partial charge on any atom is 0.289 e. The van der Waals surface area contributed by atoms with Gasteiger partial charge in [-0.15, -0.1) is 0 Å². The standard InChI is InChI=1S/C11H15NO2/c1-8-6-9(2)12(7-8)11(13)10-4-3-5-14-10/h3-5,8-9H,6-7H2,1-2H3. The van der Waals surface area contributed by atoms with Crippen molar-refractivity contribution in [1.82, 2.24) is 4.90 Å². The Hall–Kier alpha value is -1.25. The highest BCUT2D eigenvalue weighted by Crippen LogP contribution is 2.24. The molecule has 0 bridgehead atoms. The van der Waals surface area contributed by atoms with Crippen LogP contribution in [0.25, 0.3) is 0 Å². The van der Waals surface area contributed by atoms with Gasteiger partial charge in [-0.25, -0.2) is 0 Å². The molecule has 2 heterocycles. The van der Waals surface area contributed by atoms with E-state index in [1.807, 2.05) is 4.90 Å². The molecule has 0 saturated carbocycles. The van der Waals surface area contributed by atoms with Gasteiger partial charge in [0.15, 0.2) is 5.76 Å². The Balaban J connectivity index is 2.13. The Morgan fingerprint density at radius 3 is 2.86 bits per heavy atom. The van der Waals surface area contributed by atoms with E-state index in [9.17, 15) is 4.79 Å². The van der Waals surface area contributed by atoms with E-state index < -0.39 is 0 Å². The molecule has 1 saturated heterocycles. The van der Waals surface area contributed by atoms with Crippen molar-refractivity contribution in [3.8, 4) is 0 Å². The predicted molar refractivity (Wildman–Crippen MR) is 53.0 cm³/mol. The summed E-state index contributed by atoms with van der Waals surface area (Å²) in [5.74, 6) is 1.07. The molecular weight excluding hydrogens is 178 g/mol. The van der Waals surface area contributed by atoms with Crippen LogP contribution >= 0.6 is 0 Å². The van der Waals surface area contributed by atoms with Crippen molar-refractivity contribution in [2.45, 2.75) is 26.3 Å². The lowest BCUT2D eigenvalue weighted by atomic mass is 10.1. The van der Waals surface area contributed by atoms with Crippen molar-refractivity contribution in [3.63, 3.8) is 0 Å². The normalized spacial score (nSPS) is 26.9. The van der Waals surface area contributed by atoms with Gasteiger partial charge in [0.05, 0.1) is 6.26 Å². The largest absolute Gasteiger partial charge is 0.459 e. The quantitative estimate of drug-likeness (QED) is 0.684. The first-order chi connectivity index (χ1) is 6.68. The van der Waals surface area contributed by atoms with Crippen molar-refractivity contribution in [2.24, 2.45) is 5.92 Å². The molecule has 1 aliphatic heterocycles. The van der Waals surface area contributed by atoms with Gasteiger partial charge in [0.2, 0.25) is 0 Å². The van der Waals surface area contributed by atoms with Crippen molar-refractivity contribution < 1.29 is 9.21 Å². The van der Waals surface area contributed by atoms with E-state index >= 15 is 0 Å². The van der Waals surface area contributed by atoms with Crippen LogP contribution < -0.4 is 0 Å². The maximum atomic E-state index is 11.9. The number of carbonyl (C=O) groups excluding carboxylic acids is 1. The van der Waals surface area contributed by atoms with E-state index in [-0.39, 0.29) is 5.91 Å². The molecule has 2 unspecified atom stereocenters. The molecule has 2 rings (SSSR count). The summed E-state index contributed by atoms with van der Waals surface area (Å²) in [5.41, 5.74) is 0. The van der Waals surface area contributed by atoms with E-state index in [4.69, 9.17) is 4.42 Å². The van der Waals surface area contributed by atoms with Crippen LogP contribution in [0.15, 0.2) is 22.8 Å². The second-order valence-corrected chi connectivity index (χ2v) is 4.12. The zero-order valence-corrected chi connectivity index (χ0v) is 8.56. The van der Waals surface area contributed by atoms with Gasteiger partial charge >= 0.3 is 0 Å². The monoisotopic (exact) mass is 193 g/mol. The van der Waals surface area contributed by atoms with Crippen molar-refractivity contribution in [1.29, 1.82) is 0 Å². The number of furan rings is 1. The lowest BCUT2D eigenvalue weighted by Gasteiger charge is -2.19. The van der Waals surface area contributed by atoms with Crippen LogP contribution in [0.3, 0.4) is 0 Å². The summed E-state index contributed by atoms with van der Waals surface area (Å²) < 4.78 is 5.10. The highest BCUT2D eigenvalue weighted by atomic mass is 16.3. The topological polar surface area (TPSA) is 33.5 Å². The minimum absolute atomic E-state index is 0.0202. The summed E-state index contributed by atoms with van der Waals surface area (Å²) in [6.45, 7) is 5.11. The summed E-state index contributed by atoms with van der Waals surface area (Å²) in [6, 6.07) is 3.80. The highest BCUT2D eigenvalue weighted by molar-refractivity contribution is 5.91. The maximum absolute atomic E-state index is 11.9. The molecule has 2 atom stereocenters. The van der Waals surface area contributed by atoms with Crippen LogP contribution in [0, 0.1) is 5.92 Å². The average Bonchev–Trinajstić information content (AvgIpc) is 2.73. The number of likely N-dealkylation sites (tertiary alicyclic amines) is 1. The highest BCUT2D eigenvalue weighted by Gasteiger charge is 2.31. The second kappa shape index (κ2) is 3.48. The van der Waals surface area contributed by atoms with E-state index in [0.717, 1.165) is 13.0 Å². The number of amides is 1. The molecule has 1 aliphatic rings. The minimum Gasteiger partial charge on any atom is -0.459 e. The minimum atomic E-state index is 0.0202. The Bertz CT molecular complexity index is 318. The molecule has 3 heteroatoms. The molecule has 0 aliphatic carbocycles. The van der Waals surface area contributed by atoms with E-state index in [2.05, 4.69) is 13.8 Å². The van der Waals surface area contributed by atoms with Crippen molar-refractivity contribution in [2.75, 3.05) is 6.54 Å². The van der Waals surface area contributed by atoms with Gasteiger partial charge in [-0.1, -0.05) is 6.92 Å². The molecule has 3 nitrogen and oxygen atoms in total. The summed E-state index contributed by atoms with van der Waals surface area (Å²) in [7, 11) is 0. The first-order valence-corrected chi connectivity index (χ1v) is 5.03. The Morgan fingerprint density at radius 2 is 2.36 bits per heavy atom. The van der Waals surface area contributed by atoms with Crippen LogP contribution in [-0.4, -0.2) is 23.4 Å². The van der Waals surface area contributed by atoms with Crippen LogP contribution in [-0.2, 0) is 0 Å². The lowest BCUT2D eigenvalue weighted by molar-refractivity contribution is 0.0711. The Labute approximate surface area is 83.7 Å². The molecule has 14 heavy (non-hydrogen) atoms. The summed E-state index contributed by atoms with van der Waals surface area (Å²) in [5, 5.41) is 0. The zero-order chi connectivity index (χ0) is 10.1. The van der Waals surface area contributed by atoms with Gasteiger partial charge in [0.1, 0.15) is 0 Å². The van der Waals surface area contributed by atoms with Gasteiger partial charge in [-0.05, 0) is 31.4 Å². The lowest BCUT2D eigenvalue weighted by Crippen LogP contribution is -2.33. The molecule has 1 fully saturated rings. The molecule has 0 aromatic carbocycles. The fraction of sp³-hybridized carbons (Fsp3) is 0.545. The van der Waals surface area contributed by atoms with Gasteiger partial charge < -0.3 is 9.32 Å². The van der Waals surface area contributed by atoms with E-state index in [1.165, 1.54) is 6.26 Å². The molecule has 1 amide bonds. The summed E-state index contributed by atoms with van der Waals surface area (Å²) in [6.07, 6.45) is 2.63. The third-order valence-electron chi connectivity index (χ3n) is 2.78. The van der Waals surface area contributed by atoms with Gasteiger partial charge in [-0.2, -0.15) is 0 Å². The number of nitrogens with zero attached hydrogens (tertiary/aromatic N) is 1. The first-order valence-electron chi connectivity index (χ1n) is 5.03. The van der Waals surface area contributed by atoms with E-state index in [0.29, 0.717) is 17.7 Å². The van der Waals surface area contributed by atoms with Crippen LogP contribution in [0.5, 0.6) is 0 Å². The smallest absolute Gasteiger partial charge is 0.289 e. The van der Waals surface area contributed by atoms with Gasteiger partial charge in [0, 0.05) is 12.6 Å². The molecule has 0 spiro atoms. The number of hydrogen-bond acceptors (Lipinski definition) is 2. The Kier molecular flexibility index (Phi) is 2.32. The Morgan fingerprint density at radius 1 is 1.57 bits per heavy atom. The third kappa shape index (κ3) is 1.54. The number of hydrogen-bond donors (Lipinski definition) is 0. The second-order valence-electron chi connectivity index (χ2n) is 4.12. The molecule has 0 N–H and O–H groups in total. The molecular formula is C11H15NO2. The van der Waals surface area contributed by atoms with Crippen molar-refractivity contribution in [3.05, 3.63) is 24.2 Å². The number of carbonyl (C=O) groups is 1. The molecule has 1 aromatic heterocycles.